The Morgan fingerprint density at radius 1 is 0.958 bits per heavy atom. The Kier molecular flexibility index (Phi) is 4.65. The Hall–Kier alpha value is -3.02. The van der Waals surface area contributed by atoms with E-state index in [2.05, 4.69) is 10.4 Å². The number of carbonyl (C=O) groups is 1. The van der Waals surface area contributed by atoms with Gasteiger partial charge in [0, 0.05) is 6.20 Å². The first kappa shape index (κ1) is 15.9. The van der Waals surface area contributed by atoms with E-state index in [0.29, 0.717) is 12.2 Å². The van der Waals surface area contributed by atoms with Crippen LogP contribution in [0.25, 0.3) is 0 Å². The summed E-state index contributed by atoms with van der Waals surface area (Å²) < 4.78 is 27.4. The maximum Gasteiger partial charge on any atom is 0.228 e. The molecule has 0 aliphatic rings. The number of hydrogen-bond donors (Lipinski definition) is 1. The molecule has 24 heavy (non-hydrogen) atoms. The van der Waals surface area contributed by atoms with Crippen LogP contribution < -0.4 is 5.32 Å². The summed E-state index contributed by atoms with van der Waals surface area (Å²) in [5.74, 6) is -0.822. The molecule has 1 amide bonds. The van der Waals surface area contributed by atoms with Crippen molar-refractivity contribution >= 4 is 11.6 Å². The average Bonchev–Trinajstić information content (AvgIpc) is 2.99. The minimum Gasteiger partial charge on any atom is -0.323 e. The van der Waals surface area contributed by atoms with Crippen molar-refractivity contribution in [3.05, 3.63) is 83.7 Å². The van der Waals surface area contributed by atoms with E-state index >= 15 is 0 Å². The van der Waals surface area contributed by atoms with E-state index in [-0.39, 0.29) is 24.0 Å². The number of amides is 1. The van der Waals surface area contributed by atoms with Crippen molar-refractivity contribution in [3.63, 3.8) is 0 Å². The SMILES string of the molecule is O=C(Cc1ccc(F)cc1)Nc1cnn(Cc2ccc(F)cc2)c1. The smallest absolute Gasteiger partial charge is 0.228 e. The number of carbonyl (C=O) groups excluding carboxylic acids is 1. The zero-order valence-corrected chi connectivity index (χ0v) is 12.7. The summed E-state index contributed by atoms with van der Waals surface area (Å²) in [6.45, 7) is 0.480. The normalized spacial score (nSPS) is 10.6. The fourth-order valence-corrected chi connectivity index (χ4v) is 2.28. The average molecular weight is 327 g/mol. The summed E-state index contributed by atoms with van der Waals surface area (Å²) in [6.07, 6.45) is 3.40. The first-order chi connectivity index (χ1) is 11.6. The second-order valence-corrected chi connectivity index (χ2v) is 5.40. The number of hydrogen-bond acceptors (Lipinski definition) is 2. The number of nitrogens with one attached hydrogen (secondary N) is 1. The molecule has 0 fully saturated rings. The van der Waals surface area contributed by atoms with Crippen LogP contribution in [0.2, 0.25) is 0 Å². The number of halogens is 2. The second-order valence-electron chi connectivity index (χ2n) is 5.40. The van der Waals surface area contributed by atoms with E-state index in [1.807, 2.05) is 0 Å². The highest BCUT2D eigenvalue weighted by Gasteiger charge is 2.06. The molecule has 0 unspecified atom stereocenters. The third-order valence-corrected chi connectivity index (χ3v) is 3.45. The van der Waals surface area contributed by atoms with Gasteiger partial charge < -0.3 is 5.32 Å². The minimum absolute atomic E-state index is 0.156. The van der Waals surface area contributed by atoms with Crippen LogP contribution >= 0.6 is 0 Å². The topological polar surface area (TPSA) is 46.9 Å². The van der Waals surface area contributed by atoms with Crippen LogP contribution in [0.3, 0.4) is 0 Å². The monoisotopic (exact) mass is 327 g/mol. The highest BCUT2D eigenvalue weighted by atomic mass is 19.1. The van der Waals surface area contributed by atoms with Crippen molar-refractivity contribution < 1.29 is 13.6 Å². The summed E-state index contributed by atoms with van der Waals surface area (Å²) in [4.78, 5) is 12.0. The van der Waals surface area contributed by atoms with Crippen LogP contribution in [-0.2, 0) is 17.8 Å². The molecule has 1 N–H and O–H groups in total. The van der Waals surface area contributed by atoms with Crippen LogP contribution in [0.4, 0.5) is 14.5 Å². The Balaban J connectivity index is 1.58. The van der Waals surface area contributed by atoms with Crippen molar-refractivity contribution in [2.45, 2.75) is 13.0 Å². The highest BCUT2D eigenvalue weighted by Crippen LogP contribution is 2.10. The van der Waals surface area contributed by atoms with Gasteiger partial charge in [0.05, 0.1) is 24.8 Å². The van der Waals surface area contributed by atoms with Crippen molar-refractivity contribution in [1.29, 1.82) is 0 Å². The van der Waals surface area contributed by atoms with E-state index < -0.39 is 0 Å². The molecule has 0 aliphatic heterocycles. The van der Waals surface area contributed by atoms with Gasteiger partial charge in [-0.25, -0.2) is 8.78 Å². The Morgan fingerprint density at radius 3 is 2.17 bits per heavy atom. The van der Waals surface area contributed by atoms with Gasteiger partial charge in [-0.3, -0.25) is 9.48 Å². The molecule has 0 bridgehead atoms. The summed E-state index contributed by atoms with van der Waals surface area (Å²) in [5, 5.41) is 6.91. The Morgan fingerprint density at radius 2 is 1.54 bits per heavy atom. The first-order valence-electron chi connectivity index (χ1n) is 7.40. The molecule has 0 aliphatic carbocycles. The van der Waals surface area contributed by atoms with E-state index in [9.17, 15) is 13.6 Å². The number of anilines is 1. The maximum atomic E-state index is 12.9. The zero-order valence-electron chi connectivity index (χ0n) is 12.7. The summed E-state index contributed by atoms with van der Waals surface area (Å²) in [6, 6.07) is 12.0. The quantitative estimate of drug-likeness (QED) is 0.781. The van der Waals surface area contributed by atoms with Gasteiger partial charge in [-0.05, 0) is 35.4 Å². The lowest BCUT2D eigenvalue weighted by molar-refractivity contribution is -0.115. The third kappa shape index (κ3) is 4.25. The number of aromatic nitrogens is 2. The van der Waals surface area contributed by atoms with Crippen molar-refractivity contribution in [2.24, 2.45) is 0 Å². The lowest BCUT2D eigenvalue weighted by Gasteiger charge is -2.03. The minimum atomic E-state index is -0.332. The summed E-state index contributed by atoms with van der Waals surface area (Å²) in [5.41, 5.74) is 2.21. The van der Waals surface area contributed by atoms with E-state index in [0.717, 1.165) is 11.1 Å². The molecule has 1 heterocycles. The van der Waals surface area contributed by atoms with E-state index in [4.69, 9.17) is 0 Å². The highest BCUT2D eigenvalue weighted by molar-refractivity contribution is 5.91. The van der Waals surface area contributed by atoms with Crippen molar-refractivity contribution in [1.82, 2.24) is 9.78 Å². The largest absolute Gasteiger partial charge is 0.323 e. The summed E-state index contributed by atoms with van der Waals surface area (Å²) >= 11 is 0. The second kappa shape index (κ2) is 7.04. The molecular weight excluding hydrogens is 312 g/mol. The van der Waals surface area contributed by atoms with E-state index in [1.165, 1.54) is 24.3 Å². The Labute approximate surface area is 137 Å². The van der Waals surface area contributed by atoms with Crippen LogP contribution in [0, 0.1) is 11.6 Å². The molecule has 3 rings (SSSR count). The number of benzene rings is 2. The maximum absolute atomic E-state index is 12.9. The van der Waals surface area contributed by atoms with Gasteiger partial charge in [0.1, 0.15) is 11.6 Å². The van der Waals surface area contributed by atoms with Gasteiger partial charge in [-0.1, -0.05) is 24.3 Å². The summed E-state index contributed by atoms with van der Waals surface area (Å²) in [7, 11) is 0. The third-order valence-electron chi connectivity index (χ3n) is 3.45. The van der Waals surface area contributed by atoms with Crippen LogP contribution in [-0.4, -0.2) is 15.7 Å². The van der Waals surface area contributed by atoms with Gasteiger partial charge >= 0.3 is 0 Å². The van der Waals surface area contributed by atoms with Crippen LogP contribution in [0.5, 0.6) is 0 Å². The zero-order chi connectivity index (χ0) is 16.9. The van der Waals surface area contributed by atoms with Crippen molar-refractivity contribution in [2.75, 3.05) is 5.32 Å². The number of rotatable bonds is 5. The van der Waals surface area contributed by atoms with Gasteiger partial charge in [0.2, 0.25) is 5.91 Å². The standard InChI is InChI=1S/C18H15F2N3O/c19-15-5-1-13(2-6-15)9-18(24)22-17-10-21-23(12-17)11-14-3-7-16(20)8-4-14/h1-8,10,12H,9,11H2,(H,22,24). The van der Waals surface area contributed by atoms with E-state index in [1.54, 1.807) is 41.3 Å². The molecule has 4 nitrogen and oxygen atoms in total. The molecule has 3 aromatic rings. The lowest BCUT2D eigenvalue weighted by atomic mass is 10.1. The predicted molar refractivity (Wildman–Crippen MR) is 86.5 cm³/mol. The van der Waals surface area contributed by atoms with Gasteiger partial charge in [-0.2, -0.15) is 5.10 Å². The number of nitrogens with zero attached hydrogens (tertiary/aromatic N) is 2. The van der Waals surface area contributed by atoms with Gasteiger partial charge in [0.25, 0.3) is 0 Å². The molecule has 0 saturated heterocycles. The molecule has 6 heteroatoms. The molecule has 122 valence electrons. The van der Waals surface area contributed by atoms with Crippen molar-refractivity contribution in [3.8, 4) is 0 Å². The first-order valence-corrected chi connectivity index (χ1v) is 7.40. The molecule has 0 radical (unpaired) electrons. The fraction of sp³-hybridized carbons (Fsp3) is 0.111. The molecule has 2 aromatic carbocycles. The van der Waals surface area contributed by atoms with Crippen LogP contribution in [0.15, 0.2) is 60.9 Å². The Bertz CT molecular complexity index is 826. The molecular formula is C18H15F2N3O. The molecule has 0 saturated carbocycles. The lowest BCUT2D eigenvalue weighted by Crippen LogP contribution is -2.14. The van der Waals surface area contributed by atoms with Crippen LogP contribution in [0.1, 0.15) is 11.1 Å². The fourth-order valence-electron chi connectivity index (χ4n) is 2.28. The van der Waals surface area contributed by atoms with Gasteiger partial charge in [-0.15, -0.1) is 0 Å². The van der Waals surface area contributed by atoms with Gasteiger partial charge in [0.15, 0.2) is 0 Å². The molecule has 1 aromatic heterocycles. The predicted octanol–water partition coefficient (Wildman–Crippen LogP) is 3.39. The molecule has 0 spiro atoms. The molecule has 0 atom stereocenters.